The zero-order valence-corrected chi connectivity index (χ0v) is 22.4. The van der Waals surface area contributed by atoms with Crippen LogP contribution in [0.3, 0.4) is 0 Å². The normalized spacial score (nSPS) is 15.8. The molecule has 1 saturated heterocycles. The van der Waals surface area contributed by atoms with Gasteiger partial charge >= 0.3 is 5.97 Å². The lowest BCUT2D eigenvalue weighted by Gasteiger charge is -2.18. The standard InChI is InChI=1S/C28H27N3O7S/c1-36-21-11-9-20(10-12-21)30-28-31(16-17-4-13-22(37-2)23(14-17)38-3)26(33)24(39-28)15-25(32)29-19-7-5-18(6-8-19)27(34)35/h4-14,24H,15-16H2,1-3H3,(H,29,32)(H,34,35)/t24-/m1/s1. The van der Waals surface area contributed by atoms with Crippen LogP contribution < -0.4 is 19.5 Å². The minimum Gasteiger partial charge on any atom is -0.497 e. The quantitative estimate of drug-likeness (QED) is 0.377. The van der Waals surface area contributed by atoms with Gasteiger partial charge in [-0.25, -0.2) is 9.79 Å². The lowest BCUT2D eigenvalue weighted by molar-refractivity contribution is -0.128. The Bertz CT molecular complexity index is 1390. The summed E-state index contributed by atoms with van der Waals surface area (Å²) in [5, 5.41) is 11.5. The maximum absolute atomic E-state index is 13.5. The first-order chi connectivity index (χ1) is 18.8. The molecular formula is C28H27N3O7S. The SMILES string of the molecule is COc1ccc(N=C2S[C@H](CC(=O)Nc3ccc(C(=O)O)cc3)C(=O)N2Cc2ccc(OC)c(OC)c2)cc1. The van der Waals surface area contributed by atoms with Crippen LogP contribution in [-0.4, -0.2) is 59.5 Å². The fourth-order valence-corrected chi connectivity index (χ4v) is 5.03. The number of hydrogen-bond donors (Lipinski definition) is 2. The highest BCUT2D eigenvalue weighted by Gasteiger charge is 2.39. The van der Waals surface area contributed by atoms with Crippen molar-refractivity contribution in [2.75, 3.05) is 26.6 Å². The third-order valence-corrected chi connectivity index (χ3v) is 7.07. The zero-order chi connectivity index (χ0) is 27.9. The Labute approximate surface area is 229 Å². The summed E-state index contributed by atoms with van der Waals surface area (Å²) in [6.07, 6.45) is -0.0890. The predicted octanol–water partition coefficient (Wildman–Crippen LogP) is 4.57. The van der Waals surface area contributed by atoms with Crippen LogP contribution >= 0.6 is 11.8 Å². The van der Waals surface area contributed by atoms with Gasteiger partial charge in [-0.3, -0.25) is 14.5 Å². The summed E-state index contributed by atoms with van der Waals surface area (Å²) in [7, 11) is 4.67. The lowest BCUT2D eigenvalue weighted by atomic mass is 10.1. The Balaban J connectivity index is 1.55. The fraction of sp³-hybridized carbons (Fsp3) is 0.214. The number of nitrogens with zero attached hydrogens (tertiary/aromatic N) is 2. The Morgan fingerprint density at radius 1 is 0.949 bits per heavy atom. The van der Waals surface area contributed by atoms with Gasteiger partial charge in [0, 0.05) is 12.1 Å². The third-order valence-electron chi connectivity index (χ3n) is 5.89. The molecule has 2 N–H and O–H groups in total. The Kier molecular flexibility index (Phi) is 8.72. The molecule has 3 aromatic carbocycles. The van der Waals surface area contributed by atoms with Gasteiger partial charge in [0.1, 0.15) is 11.0 Å². The van der Waals surface area contributed by atoms with Crippen molar-refractivity contribution in [2.24, 2.45) is 4.99 Å². The number of carboxylic acids is 1. The van der Waals surface area contributed by atoms with E-state index in [9.17, 15) is 14.4 Å². The van der Waals surface area contributed by atoms with Gasteiger partial charge < -0.3 is 24.6 Å². The fourth-order valence-electron chi connectivity index (χ4n) is 3.88. The van der Waals surface area contributed by atoms with Crippen LogP contribution in [0.15, 0.2) is 71.7 Å². The zero-order valence-electron chi connectivity index (χ0n) is 21.5. The van der Waals surface area contributed by atoms with E-state index in [1.54, 1.807) is 62.6 Å². The first kappa shape index (κ1) is 27.5. The van der Waals surface area contributed by atoms with E-state index in [4.69, 9.17) is 24.3 Å². The molecule has 202 valence electrons. The number of hydrogen-bond acceptors (Lipinski definition) is 8. The Morgan fingerprint density at radius 3 is 2.26 bits per heavy atom. The highest BCUT2D eigenvalue weighted by atomic mass is 32.2. The summed E-state index contributed by atoms with van der Waals surface area (Å²) in [4.78, 5) is 43.6. The number of aromatic carboxylic acids is 1. The predicted molar refractivity (Wildman–Crippen MR) is 148 cm³/mol. The first-order valence-electron chi connectivity index (χ1n) is 11.9. The van der Waals surface area contributed by atoms with Crippen molar-refractivity contribution in [1.82, 2.24) is 4.90 Å². The molecule has 0 aromatic heterocycles. The van der Waals surface area contributed by atoms with Gasteiger partial charge in [-0.15, -0.1) is 0 Å². The molecule has 2 amide bonds. The van der Waals surface area contributed by atoms with Crippen molar-refractivity contribution < 1.29 is 33.7 Å². The number of amidine groups is 1. The molecule has 1 heterocycles. The average molecular weight is 550 g/mol. The van der Waals surface area contributed by atoms with E-state index in [0.717, 1.165) is 5.56 Å². The third kappa shape index (κ3) is 6.68. The number of ether oxygens (including phenoxy) is 3. The molecule has 0 spiro atoms. The molecule has 0 bridgehead atoms. The van der Waals surface area contributed by atoms with Gasteiger partial charge in [0.15, 0.2) is 16.7 Å². The molecule has 1 fully saturated rings. The van der Waals surface area contributed by atoms with Crippen molar-refractivity contribution in [3.63, 3.8) is 0 Å². The molecule has 0 saturated carbocycles. The summed E-state index contributed by atoms with van der Waals surface area (Å²) in [6, 6.07) is 18.3. The summed E-state index contributed by atoms with van der Waals surface area (Å²) in [5.74, 6) is 0.106. The van der Waals surface area contributed by atoms with E-state index in [1.807, 2.05) is 6.07 Å². The van der Waals surface area contributed by atoms with Crippen molar-refractivity contribution in [2.45, 2.75) is 18.2 Å². The Morgan fingerprint density at radius 2 is 1.64 bits per heavy atom. The summed E-state index contributed by atoms with van der Waals surface area (Å²) in [5.41, 5.74) is 1.98. The molecule has 0 radical (unpaired) electrons. The average Bonchev–Trinajstić information content (AvgIpc) is 3.22. The second-order valence-corrected chi connectivity index (χ2v) is 9.62. The minimum absolute atomic E-state index is 0.0890. The van der Waals surface area contributed by atoms with Gasteiger partial charge in [0.05, 0.1) is 39.1 Å². The van der Waals surface area contributed by atoms with Gasteiger partial charge in [-0.05, 0) is 66.2 Å². The van der Waals surface area contributed by atoms with Crippen LogP contribution in [0, 0.1) is 0 Å². The molecule has 0 unspecified atom stereocenters. The van der Waals surface area contributed by atoms with Crippen molar-refractivity contribution in [3.05, 3.63) is 77.9 Å². The number of thioether (sulfide) groups is 1. The highest BCUT2D eigenvalue weighted by molar-refractivity contribution is 8.15. The molecule has 3 aromatic rings. The topological polar surface area (TPSA) is 127 Å². The second kappa shape index (κ2) is 12.4. The number of carbonyl (C=O) groups excluding carboxylic acids is 2. The van der Waals surface area contributed by atoms with E-state index < -0.39 is 11.2 Å². The number of rotatable bonds is 10. The lowest BCUT2D eigenvalue weighted by Crippen LogP contribution is -2.33. The number of carboxylic acid groups (broad SMARTS) is 1. The van der Waals surface area contributed by atoms with Gasteiger partial charge in [0.25, 0.3) is 0 Å². The van der Waals surface area contributed by atoms with E-state index in [-0.39, 0.29) is 30.3 Å². The Hall–Kier alpha value is -4.51. The van der Waals surface area contributed by atoms with Crippen LogP contribution in [0.1, 0.15) is 22.3 Å². The number of nitrogens with one attached hydrogen (secondary N) is 1. The molecule has 1 aliphatic rings. The molecule has 1 atom stereocenters. The smallest absolute Gasteiger partial charge is 0.335 e. The summed E-state index contributed by atoms with van der Waals surface area (Å²) < 4.78 is 15.9. The molecule has 39 heavy (non-hydrogen) atoms. The van der Waals surface area contributed by atoms with Crippen molar-refractivity contribution in [1.29, 1.82) is 0 Å². The van der Waals surface area contributed by atoms with Crippen molar-refractivity contribution >= 4 is 46.1 Å². The van der Waals surface area contributed by atoms with E-state index in [2.05, 4.69) is 5.32 Å². The molecular weight excluding hydrogens is 522 g/mol. The van der Waals surface area contributed by atoms with Crippen LogP contribution in [0.5, 0.6) is 17.2 Å². The maximum atomic E-state index is 13.5. The van der Waals surface area contributed by atoms with Crippen LogP contribution in [-0.2, 0) is 16.1 Å². The maximum Gasteiger partial charge on any atom is 0.335 e. The first-order valence-corrected chi connectivity index (χ1v) is 12.7. The van der Waals surface area contributed by atoms with Gasteiger partial charge in [0.2, 0.25) is 11.8 Å². The second-order valence-electron chi connectivity index (χ2n) is 8.45. The number of aliphatic imine (C=N–C) groups is 1. The number of benzene rings is 3. The van der Waals surface area contributed by atoms with E-state index >= 15 is 0 Å². The van der Waals surface area contributed by atoms with Crippen LogP contribution in [0.25, 0.3) is 0 Å². The largest absolute Gasteiger partial charge is 0.497 e. The van der Waals surface area contributed by atoms with Crippen LogP contribution in [0.2, 0.25) is 0 Å². The summed E-state index contributed by atoms with van der Waals surface area (Å²) in [6.45, 7) is 0.218. The van der Waals surface area contributed by atoms with E-state index in [0.29, 0.717) is 33.8 Å². The number of carbonyl (C=O) groups is 3. The number of methoxy groups -OCH3 is 3. The molecule has 11 heteroatoms. The molecule has 0 aliphatic carbocycles. The molecule has 10 nitrogen and oxygen atoms in total. The number of anilines is 1. The monoisotopic (exact) mass is 549 g/mol. The highest BCUT2D eigenvalue weighted by Crippen LogP contribution is 2.35. The van der Waals surface area contributed by atoms with Crippen molar-refractivity contribution in [3.8, 4) is 17.2 Å². The van der Waals surface area contributed by atoms with Gasteiger partial charge in [-0.1, -0.05) is 17.8 Å². The molecule has 1 aliphatic heterocycles. The van der Waals surface area contributed by atoms with Gasteiger partial charge in [-0.2, -0.15) is 0 Å². The summed E-state index contributed by atoms with van der Waals surface area (Å²) >= 11 is 1.21. The van der Waals surface area contributed by atoms with E-state index in [1.165, 1.54) is 36.0 Å². The minimum atomic E-state index is -1.06. The molecule has 4 rings (SSSR count). The van der Waals surface area contributed by atoms with Crippen LogP contribution in [0.4, 0.5) is 11.4 Å². The number of amides is 2.